The van der Waals surface area contributed by atoms with E-state index >= 15 is 0 Å². The van der Waals surface area contributed by atoms with Crippen LogP contribution in [0.3, 0.4) is 0 Å². The summed E-state index contributed by atoms with van der Waals surface area (Å²) in [5.74, 6) is -1.48. The Morgan fingerprint density at radius 1 is 1.20 bits per heavy atom. The molecule has 0 radical (unpaired) electrons. The fourth-order valence-electron chi connectivity index (χ4n) is 3.43. The van der Waals surface area contributed by atoms with Crippen molar-refractivity contribution in [3.05, 3.63) is 63.6 Å². The van der Waals surface area contributed by atoms with Gasteiger partial charge in [0.2, 0.25) is 0 Å². The number of hydrogen-bond donors (Lipinski definition) is 1. The Bertz CT molecular complexity index is 809. The lowest BCUT2D eigenvalue weighted by Crippen LogP contribution is -2.40. The highest BCUT2D eigenvalue weighted by Gasteiger charge is 2.34. The Hall–Kier alpha value is -2.04. The van der Waals surface area contributed by atoms with E-state index in [9.17, 15) is 14.7 Å². The van der Waals surface area contributed by atoms with Gasteiger partial charge in [-0.25, -0.2) is 0 Å². The van der Waals surface area contributed by atoms with Crippen LogP contribution in [0.5, 0.6) is 0 Å². The van der Waals surface area contributed by atoms with Gasteiger partial charge in [-0.15, -0.1) is 0 Å². The minimum atomic E-state index is -0.963. The topological polar surface area (TPSA) is 57.6 Å². The first-order valence-electron chi connectivity index (χ1n) is 7.98. The predicted octanol–water partition coefficient (Wildman–Crippen LogP) is 4.18. The van der Waals surface area contributed by atoms with Crippen molar-refractivity contribution in [2.75, 3.05) is 11.4 Å². The van der Waals surface area contributed by atoms with Crippen LogP contribution in [-0.2, 0) is 16.0 Å². The summed E-state index contributed by atoms with van der Waals surface area (Å²) in [5, 5.41) is 10.1. The molecule has 0 aliphatic carbocycles. The summed E-state index contributed by atoms with van der Waals surface area (Å²) >= 11 is 12.1. The predicted molar refractivity (Wildman–Crippen MR) is 98.8 cm³/mol. The zero-order chi connectivity index (χ0) is 18.0. The van der Waals surface area contributed by atoms with Gasteiger partial charge in [0.25, 0.3) is 0 Å². The summed E-state index contributed by atoms with van der Waals surface area (Å²) < 4.78 is 0. The standard InChI is InChI=1S/C19H17Cl2NO3/c20-15-6-5-13(9-16(15)21)14(10-19(24)25)18(11-23)22-8-7-12-3-1-2-4-17(12)22/h1-6,9,11,14,18H,7-8,10H2,(H,24,25). The van der Waals surface area contributed by atoms with Crippen molar-refractivity contribution < 1.29 is 14.7 Å². The maximum atomic E-state index is 12.0. The van der Waals surface area contributed by atoms with Crippen LogP contribution in [0.25, 0.3) is 0 Å². The first-order chi connectivity index (χ1) is 12.0. The lowest BCUT2D eigenvalue weighted by Gasteiger charge is -2.32. The van der Waals surface area contributed by atoms with E-state index in [2.05, 4.69) is 0 Å². The Morgan fingerprint density at radius 2 is 1.96 bits per heavy atom. The number of rotatable bonds is 6. The SMILES string of the molecule is O=CC(C(CC(=O)O)c1ccc(Cl)c(Cl)c1)N1CCc2ccccc21. The van der Waals surface area contributed by atoms with Gasteiger partial charge in [0.05, 0.1) is 22.5 Å². The molecule has 1 aliphatic rings. The van der Waals surface area contributed by atoms with Gasteiger partial charge >= 0.3 is 5.97 Å². The highest BCUT2D eigenvalue weighted by Crippen LogP contribution is 2.36. The summed E-state index contributed by atoms with van der Waals surface area (Å²) in [6.45, 7) is 0.681. The molecule has 6 heteroatoms. The van der Waals surface area contributed by atoms with Crippen LogP contribution in [0.1, 0.15) is 23.5 Å². The smallest absolute Gasteiger partial charge is 0.304 e. The molecule has 1 N–H and O–H groups in total. The minimum Gasteiger partial charge on any atom is -0.481 e. The molecule has 130 valence electrons. The van der Waals surface area contributed by atoms with Crippen LogP contribution < -0.4 is 4.90 Å². The molecule has 4 nitrogen and oxygen atoms in total. The van der Waals surface area contributed by atoms with Gasteiger partial charge in [-0.1, -0.05) is 47.5 Å². The van der Waals surface area contributed by atoms with E-state index in [0.717, 1.165) is 24.0 Å². The lowest BCUT2D eigenvalue weighted by atomic mass is 9.88. The minimum absolute atomic E-state index is 0.167. The molecule has 2 unspecified atom stereocenters. The van der Waals surface area contributed by atoms with E-state index < -0.39 is 17.9 Å². The molecule has 2 aromatic carbocycles. The Kier molecular flexibility index (Phi) is 5.30. The molecular formula is C19H17Cl2NO3. The molecule has 0 fully saturated rings. The van der Waals surface area contributed by atoms with Crippen LogP contribution in [0.15, 0.2) is 42.5 Å². The van der Waals surface area contributed by atoms with Gasteiger partial charge in [-0.05, 0) is 35.7 Å². The molecule has 3 rings (SSSR count). The van der Waals surface area contributed by atoms with Crippen molar-refractivity contribution >= 4 is 41.1 Å². The monoisotopic (exact) mass is 377 g/mol. The largest absolute Gasteiger partial charge is 0.481 e. The molecule has 0 amide bonds. The number of aliphatic carboxylic acids is 1. The number of carbonyl (C=O) groups is 2. The second kappa shape index (κ2) is 7.46. The highest BCUT2D eigenvalue weighted by molar-refractivity contribution is 6.42. The molecule has 0 saturated heterocycles. The quantitative estimate of drug-likeness (QED) is 0.767. The summed E-state index contributed by atoms with van der Waals surface area (Å²) in [5.41, 5.74) is 2.84. The third-order valence-corrected chi connectivity index (χ3v) is 5.34. The van der Waals surface area contributed by atoms with E-state index in [-0.39, 0.29) is 6.42 Å². The number of benzene rings is 2. The maximum absolute atomic E-state index is 12.0. The number of hydrogen-bond acceptors (Lipinski definition) is 3. The lowest BCUT2D eigenvalue weighted by molar-refractivity contribution is -0.137. The number of para-hydroxylation sites is 1. The summed E-state index contributed by atoms with van der Waals surface area (Å²) in [4.78, 5) is 25.4. The summed E-state index contributed by atoms with van der Waals surface area (Å²) in [6.07, 6.45) is 1.50. The number of carbonyl (C=O) groups excluding carboxylic acids is 1. The second-order valence-electron chi connectivity index (χ2n) is 6.08. The van der Waals surface area contributed by atoms with Crippen molar-refractivity contribution in [1.29, 1.82) is 0 Å². The average molecular weight is 378 g/mol. The Labute approximate surface area is 156 Å². The molecule has 0 spiro atoms. The van der Waals surface area contributed by atoms with E-state index in [1.807, 2.05) is 29.2 Å². The maximum Gasteiger partial charge on any atom is 0.304 e. The normalized spacial score (nSPS) is 15.5. The first kappa shape index (κ1) is 17.8. The fraction of sp³-hybridized carbons (Fsp3) is 0.263. The zero-order valence-electron chi connectivity index (χ0n) is 13.4. The zero-order valence-corrected chi connectivity index (χ0v) is 14.9. The first-order valence-corrected chi connectivity index (χ1v) is 8.73. The molecular weight excluding hydrogens is 361 g/mol. The van der Waals surface area contributed by atoms with Crippen molar-refractivity contribution in [2.45, 2.75) is 24.8 Å². The van der Waals surface area contributed by atoms with Gasteiger partial charge in [-0.3, -0.25) is 4.79 Å². The van der Waals surface area contributed by atoms with Crippen molar-refractivity contribution in [3.8, 4) is 0 Å². The van der Waals surface area contributed by atoms with Crippen molar-refractivity contribution in [1.82, 2.24) is 0 Å². The van der Waals surface area contributed by atoms with E-state index in [1.54, 1.807) is 18.2 Å². The van der Waals surface area contributed by atoms with Gasteiger partial charge < -0.3 is 14.8 Å². The molecule has 0 bridgehead atoms. The number of halogens is 2. The molecule has 1 heterocycles. The average Bonchev–Trinajstić information content (AvgIpc) is 3.01. The Morgan fingerprint density at radius 3 is 2.64 bits per heavy atom. The van der Waals surface area contributed by atoms with E-state index in [1.165, 1.54) is 0 Å². The van der Waals surface area contributed by atoms with Gasteiger partial charge in [0, 0.05) is 18.2 Å². The van der Waals surface area contributed by atoms with Crippen molar-refractivity contribution in [3.63, 3.8) is 0 Å². The Balaban J connectivity index is 2.00. The van der Waals surface area contributed by atoms with E-state index in [4.69, 9.17) is 23.2 Å². The molecule has 0 aromatic heterocycles. The summed E-state index contributed by atoms with van der Waals surface area (Å²) in [7, 11) is 0. The fourth-order valence-corrected chi connectivity index (χ4v) is 3.73. The third kappa shape index (κ3) is 3.65. The van der Waals surface area contributed by atoms with E-state index in [0.29, 0.717) is 22.2 Å². The molecule has 1 aliphatic heterocycles. The van der Waals surface area contributed by atoms with Crippen molar-refractivity contribution in [2.24, 2.45) is 0 Å². The number of carboxylic acids is 1. The number of nitrogens with zero attached hydrogens (tertiary/aromatic N) is 1. The highest BCUT2D eigenvalue weighted by atomic mass is 35.5. The second-order valence-corrected chi connectivity index (χ2v) is 6.89. The van der Waals surface area contributed by atoms with Gasteiger partial charge in [-0.2, -0.15) is 0 Å². The third-order valence-electron chi connectivity index (χ3n) is 4.60. The van der Waals surface area contributed by atoms with Gasteiger partial charge in [0.1, 0.15) is 6.29 Å². The molecule has 2 atom stereocenters. The van der Waals surface area contributed by atoms with Crippen LogP contribution >= 0.6 is 23.2 Å². The number of anilines is 1. The van der Waals surface area contributed by atoms with Crippen LogP contribution in [0, 0.1) is 0 Å². The number of aldehydes is 1. The number of carboxylic acid groups (broad SMARTS) is 1. The molecule has 25 heavy (non-hydrogen) atoms. The van der Waals surface area contributed by atoms with Crippen LogP contribution in [0.2, 0.25) is 10.0 Å². The summed E-state index contributed by atoms with van der Waals surface area (Å²) in [6, 6.07) is 12.3. The molecule has 0 saturated carbocycles. The molecule has 2 aromatic rings. The van der Waals surface area contributed by atoms with Crippen LogP contribution in [0.4, 0.5) is 5.69 Å². The number of fused-ring (bicyclic) bond motifs is 1. The van der Waals surface area contributed by atoms with Crippen LogP contribution in [-0.4, -0.2) is 29.9 Å². The van der Waals surface area contributed by atoms with Gasteiger partial charge in [0.15, 0.2) is 0 Å².